The molecule has 0 aliphatic carbocycles. The molecule has 0 radical (unpaired) electrons. The number of hydrogen-bond acceptors (Lipinski definition) is 7. The van der Waals surface area contributed by atoms with Crippen molar-refractivity contribution in [2.75, 3.05) is 6.54 Å². The third kappa shape index (κ3) is 13.0. The summed E-state index contributed by atoms with van der Waals surface area (Å²) < 4.78 is 0. The standard InChI is InChI=1S/C19H27N5O9/c1-3-4-5-13(25)24-12(8-16(29)30)18(32)21-9-14(26)23-11(6-7-15(27)28)19(33)22-10(2)17(20)31/h1,10-12H,4-9H2,2H3,(H2,20,31)(H,21,32)(H,22,33)(H,23,26)(H,24,25)(H,27,28)(H,29,30)/t10-,11-,12-/m0/s1. The molecule has 0 saturated heterocycles. The average Bonchev–Trinajstić information content (AvgIpc) is 2.72. The largest absolute Gasteiger partial charge is 0.481 e. The van der Waals surface area contributed by atoms with Crippen molar-refractivity contribution in [3.05, 3.63) is 0 Å². The van der Waals surface area contributed by atoms with Crippen molar-refractivity contribution in [2.45, 2.75) is 57.2 Å². The Balaban J connectivity index is 5.04. The molecular weight excluding hydrogens is 442 g/mol. The van der Waals surface area contributed by atoms with Crippen molar-refractivity contribution < 1.29 is 43.8 Å². The Morgan fingerprint density at radius 2 is 1.48 bits per heavy atom. The molecule has 0 aromatic heterocycles. The van der Waals surface area contributed by atoms with Gasteiger partial charge in [0.2, 0.25) is 29.5 Å². The number of carboxylic acids is 2. The Hall–Kier alpha value is -4.15. The molecule has 0 heterocycles. The summed E-state index contributed by atoms with van der Waals surface area (Å²) in [6.45, 7) is 0.578. The number of aliphatic carboxylic acids is 2. The van der Waals surface area contributed by atoms with Gasteiger partial charge in [0.25, 0.3) is 0 Å². The van der Waals surface area contributed by atoms with Gasteiger partial charge in [-0.15, -0.1) is 12.3 Å². The van der Waals surface area contributed by atoms with Gasteiger partial charge in [-0.1, -0.05) is 0 Å². The third-order valence-corrected chi connectivity index (χ3v) is 4.03. The molecule has 0 fully saturated rings. The first-order valence-corrected chi connectivity index (χ1v) is 9.70. The number of nitrogens with two attached hydrogens (primary N) is 1. The van der Waals surface area contributed by atoms with Gasteiger partial charge in [-0.2, -0.15) is 0 Å². The van der Waals surface area contributed by atoms with Crippen molar-refractivity contribution in [1.29, 1.82) is 0 Å². The highest BCUT2D eigenvalue weighted by atomic mass is 16.4. The molecule has 14 nitrogen and oxygen atoms in total. The molecule has 0 saturated carbocycles. The number of nitrogens with one attached hydrogen (secondary N) is 4. The van der Waals surface area contributed by atoms with Crippen molar-refractivity contribution >= 4 is 41.5 Å². The Labute approximate surface area is 189 Å². The lowest BCUT2D eigenvalue weighted by Gasteiger charge is -2.20. The second kappa shape index (κ2) is 14.8. The molecule has 33 heavy (non-hydrogen) atoms. The van der Waals surface area contributed by atoms with Gasteiger partial charge < -0.3 is 37.2 Å². The van der Waals surface area contributed by atoms with Gasteiger partial charge in [0.05, 0.1) is 13.0 Å². The summed E-state index contributed by atoms with van der Waals surface area (Å²) in [6, 6.07) is -3.93. The molecule has 3 atom stereocenters. The average molecular weight is 469 g/mol. The van der Waals surface area contributed by atoms with E-state index in [1.54, 1.807) is 0 Å². The number of carbonyl (C=O) groups is 7. The van der Waals surface area contributed by atoms with Crippen LogP contribution in [0.1, 0.15) is 39.0 Å². The molecule has 0 rings (SSSR count). The van der Waals surface area contributed by atoms with Crippen LogP contribution in [0.4, 0.5) is 0 Å². The van der Waals surface area contributed by atoms with Crippen LogP contribution in [0.25, 0.3) is 0 Å². The molecule has 0 spiro atoms. The minimum Gasteiger partial charge on any atom is -0.481 e. The van der Waals surface area contributed by atoms with Crippen LogP contribution in [-0.4, -0.2) is 76.4 Å². The maximum absolute atomic E-state index is 12.2. The van der Waals surface area contributed by atoms with Crippen LogP contribution < -0.4 is 27.0 Å². The van der Waals surface area contributed by atoms with E-state index in [9.17, 15) is 33.6 Å². The lowest BCUT2D eigenvalue weighted by atomic mass is 10.1. The first-order valence-electron chi connectivity index (χ1n) is 9.70. The van der Waals surface area contributed by atoms with Crippen LogP contribution in [0.5, 0.6) is 0 Å². The summed E-state index contributed by atoms with van der Waals surface area (Å²) in [5.74, 6) is -4.67. The van der Waals surface area contributed by atoms with Gasteiger partial charge in [-0.05, 0) is 13.3 Å². The monoisotopic (exact) mass is 469 g/mol. The molecule has 182 valence electrons. The van der Waals surface area contributed by atoms with Crippen molar-refractivity contribution in [1.82, 2.24) is 21.3 Å². The first-order chi connectivity index (χ1) is 15.4. The van der Waals surface area contributed by atoms with E-state index in [1.807, 2.05) is 0 Å². The van der Waals surface area contributed by atoms with Crippen LogP contribution in [0.2, 0.25) is 0 Å². The molecule has 0 unspecified atom stereocenters. The lowest BCUT2D eigenvalue weighted by molar-refractivity contribution is -0.141. The third-order valence-electron chi connectivity index (χ3n) is 4.03. The predicted octanol–water partition coefficient (Wildman–Crippen LogP) is -3.18. The highest BCUT2D eigenvalue weighted by Gasteiger charge is 2.26. The molecule has 8 N–H and O–H groups in total. The van der Waals surface area contributed by atoms with Crippen LogP contribution in [-0.2, 0) is 33.6 Å². The van der Waals surface area contributed by atoms with E-state index in [1.165, 1.54) is 6.92 Å². The van der Waals surface area contributed by atoms with Gasteiger partial charge in [0, 0.05) is 19.3 Å². The number of amides is 5. The molecule has 0 aliphatic heterocycles. The summed E-state index contributed by atoms with van der Waals surface area (Å²) in [6.07, 6.45) is 3.41. The fourth-order valence-electron chi connectivity index (χ4n) is 2.29. The highest BCUT2D eigenvalue weighted by molar-refractivity contribution is 5.95. The normalized spacial score (nSPS) is 12.7. The zero-order chi connectivity index (χ0) is 25.6. The number of terminal acetylenes is 1. The van der Waals surface area contributed by atoms with Gasteiger partial charge >= 0.3 is 11.9 Å². The van der Waals surface area contributed by atoms with Crippen molar-refractivity contribution in [3.8, 4) is 12.3 Å². The van der Waals surface area contributed by atoms with E-state index in [0.29, 0.717) is 0 Å². The number of hydrogen-bond donors (Lipinski definition) is 7. The zero-order valence-corrected chi connectivity index (χ0v) is 17.9. The lowest BCUT2D eigenvalue weighted by Crippen LogP contribution is -2.54. The fraction of sp³-hybridized carbons (Fsp3) is 0.526. The van der Waals surface area contributed by atoms with Crippen LogP contribution in [0, 0.1) is 12.3 Å². The van der Waals surface area contributed by atoms with E-state index in [2.05, 4.69) is 27.2 Å². The van der Waals surface area contributed by atoms with E-state index in [0.717, 1.165) is 0 Å². The predicted molar refractivity (Wildman–Crippen MR) is 111 cm³/mol. The Bertz CT molecular complexity index is 821. The molecule has 5 amide bonds. The van der Waals surface area contributed by atoms with Gasteiger partial charge in [0.15, 0.2) is 0 Å². The SMILES string of the molecule is C#CCCC(=O)N[C@@H](CC(=O)O)C(=O)NCC(=O)N[C@@H](CCC(=O)O)C(=O)N[C@@H](C)C(N)=O. The molecule has 0 aromatic carbocycles. The van der Waals surface area contributed by atoms with Gasteiger partial charge in [0.1, 0.15) is 18.1 Å². The number of carbonyl (C=O) groups excluding carboxylic acids is 5. The molecule has 0 aliphatic rings. The van der Waals surface area contributed by atoms with Crippen molar-refractivity contribution in [3.63, 3.8) is 0 Å². The summed E-state index contributed by atoms with van der Waals surface area (Å²) in [4.78, 5) is 81.2. The fourth-order valence-corrected chi connectivity index (χ4v) is 2.29. The number of rotatable bonds is 15. The second-order valence-electron chi connectivity index (χ2n) is 6.83. The Morgan fingerprint density at radius 3 is 2.00 bits per heavy atom. The highest BCUT2D eigenvalue weighted by Crippen LogP contribution is 2.00. The van der Waals surface area contributed by atoms with Gasteiger partial charge in [-0.25, -0.2) is 0 Å². The van der Waals surface area contributed by atoms with Crippen LogP contribution >= 0.6 is 0 Å². The van der Waals surface area contributed by atoms with Crippen LogP contribution in [0.15, 0.2) is 0 Å². The Kier molecular flexibility index (Phi) is 12.9. The summed E-state index contributed by atoms with van der Waals surface area (Å²) in [5.41, 5.74) is 5.05. The van der Waals surface area contributed by atoms with E-state index in [-0.39, 0.29) is 19.3 Å². The van der Waals surface area contributed by atoms with E-state index < -0.39 is 79.0 Å². The molecule has 14 heteroatoms. The molecule has 0 bridgehead atoms. The topological polar surface area (TPSA) is 234 Å². The molecule has 0 aromatic rings. The molecular formula is C19H27N5O9. The van der Waals surface area contributed by atoms with Crippen molar-refractivity contribution in [2.24, 2.45) is 5.73 Å². The number of carboxylic acid groups (broad SMARTS) is 2. The zero-order valence-electron chi connectivity index (χ0n) is 17.9. The summed E-state index contributed by atoms with van der Waals surface area (Å²) in [7, 11) is 0. The Morgan fingerprint density at radius 1 is 0.879 bits per heavy atom. The summed E-state index contributed by atoms with van der Waals surface area (Å²) in [5, 5.41) is 26.5. The smallest absolute Gasteiger partial charge is 0.305 e. The van der Waals surface area contributed by atoms with E-state index in [4.69, 9.17) is 22.4 Å². The van der Waals surface area contributed by atoms with Crippen LogP contribution in [0.3, 0.4) is 0 Å². The minimum atomic E-state index is -1.48. The minimum absolute atomic E-state index is 0.0732. The summed E-state index contributed by atoms with van der Waals surface area (Å²) >= 11 is 0. The van der Waals surface area contributed by atoms with Gasteiger partial charge in [-0.3, -0.25) is 33.6 Å². The maximum atomic E-state index is 12.2. The maximum Gasteiger partial charge on any atom is 0.305 e. The number of primary amides is 1. The first kappa shape index (κ1) is 28.9. The van der Waals surface area contributed by atoms with E-state index >= 15 is 0 Å². The second-order valence-corrected chi connectivity index (χ2v) is 6.83. The quantitative estimate of drug-likeness (QED) is 0.120.